The Labute approximate surface area is 142 Å². The number of hydrogen-bond donors (Lipinski definition) is 3. The van der Waals surface area contributed by atoms with Gasteiger partial charge >= 0.3 is 34.7 Å². The molecule has 0 aromatic heterocycles. The van der Waals surface area contributed by atoms with E-state index >= 15 is 0 Å². The van der Waals surface area contributed by atoms with Gasteiger partial charge in [0.1, 0.15) is 0 Å². The Morgan fingerprint density at radius 3 is 0.591 bits per heavy atom. The third kappa shape index (κ3) is 83.2. The first kappa shape index (κ1) is 43.6. The van der Waals surface area contributed by atoms with Crippen molar-refractivity contribution in [1.29, 1.82) is 0 Å². The van der Waals surface area contributed by atoms with E-state index in [4.69, 9.17) is 58.8 Å². The molecule has 0 fully saturated rings. The van der Waals surface area contributed by atoms with Crippen molar-refractivity contribution >= 4 is 58.2 Å². The largest absolute Gasteiger partial charge is 3.00 e. The predicted molar refractivity (Wildman–Crippen MR) is 52.7 cm³/mol. The van der Waals surface area contributed by atoms with Gasteiger partial charge in [-0.25, -0.2) is 29.8 Å². The van der Waals surface area contributed by atoms with Gasteiger partial charge in [0, 0.05) is 0 Å². The Bertz CT molecular complexity index is 266. The first-order valence-corrected chi connectivity index (χ1v) is 7.12. The van der Waals surface area contributed by atoms with Crippen molar-refractivity contribution in [3.05, 3.63) is 0 Å². The Kier molecular flexibility index (Phi) is 40.1. The van der Waals surface area contributed by atoms with Crippen LogP contribution >= 0.6 is 23.5 Å². The zero-order valence-corrected chi connectivity index (χ0v) is 14.7. The van der Waals surface area contributed by atoms with Gasteiger partial charge in [0.15, 0.2) is 0 Å². The SMILES string of the molecule is O.O.O=P([O-])([O-])OO.O=P([O-])([O-])OO.O=P([O-])([O-])OO.[Al+3].[Al+3]. The summed E-state index contributed by atoms with van der Waals surface area (Å²) in [6.07, 6.45) is 0. The molecule has 22 heavy (non-hydrogen) atoms. The summed E-state index contributed by atoms with van der Waals surface area (Å²) in [5.74, 6) is 0. The molecule has 0 unspecified atom stereocenters. The fraction of sp³-hybridized carbons (Fsp3) is 0. The first-order valence-electron chi connectivity index (χ1n) is 2.74. The van der Waals surface area contributed by atoms with Crippen molar-refractivity contribution in [3.8, 4) is 0 Å². The van der Waals surface area contributed by atoms with Crippen molar-refractivity contribution in [2.75, 3.05) is 0 Å². The molecule has 0 atom stereocenters. The molecule has 0 saturated carbocycles. The molecular weight excluding hydrogens is 419 g/mol. The van der Waals surface area contributed by atoms with Crippen LogP contribution in [0.3, 0.4) is 0 Å². The minimum absolute atomic E-state index is 0. The summed E-state index contributed by atoms with van der Waals surface area (Å²) in [6, 6.07) is 0. The van der Waals surface area contributed by atoms with Crippen LogP contribution in [0.25, 0.3) is 0 Å². The fourth-order valence-corrected chi connectivity index (χ4v) is 0. The van der Waals surface area contributed by atoms with E-state index in [0.717, 1.165) is 0 Å². The molecule has 0 radical (unpaired) electrons. The molecule has 0 aromatic rings. The van der Waals surface area contributed by atoms with Crippen LogP contribution in [-0.4, -0.2) is 61.4 Å². The van der Waals surface area contributed by atoms with Crippen molar-refractivity contribution < 1.29 is 83.8 Å². The molecule has 0 aromatic carbocycles. The Hall–Kier alpha value is 1.19. The Morgan fingerprint density at radius 1 is 0.545 bits per heavy atom. The third-order valence-corrected chi connectivity index (χ3v) is 0.900. The molecule has 0 aliphatic carbocycles. The molecule has 0 aliphatic heterocycles. The van der Waals surface area contributed by atoms with Crippen LogP contribution < -0.4 is 29.4 Å². The van der Waals surface area contributed by atoms with Crippen molar-refractivity contribution in [2.24, 2.45) is 0 Å². The quantitative estimate of drug-likeness (QED) is 0.163. The van der Waals surface area contributed by atoms with Gasteiger partial charge in [-0.1, -0.05) is 0 Å². The molecule has 0 heterocycles. The molecule has 0 amide bonds. The smallest absolute Gasteiger partial charge is 0.788 e. The van der Waals surface area contributed by atoms with E-state index in [-0.39, 0.29) is 45.7 Å². The average molecular weight is 426 g/mol. The summed E-state index contributed by atoms with van der Waals surface area (Å²) in [6.45, 7) is 0. The third-order valence-electron chi connectivity index (χ3n) is 0.300. The Balaban J connectivity index is -0.0000000281. The second-order valence-corrected chi connectivity index (χ2v) is 4.76. The Morgan fingerprint density at radius 2 is 0.591 bits per heavy atom. The van der Waals surface area contributed by atoms with Crippen LogP contribution in [0.15, 0.2) is 0 Å². The van der Waals surface area contributed by atoms with Crippen LogP contribution in [0, 0.1) is 0 Å². The summed E-state index contributed by atoms with van der Waals surface area (Å²) < 4.78 is 34.1. The molecule has 17 nitrogen and oxygen atoms in total. The van der Waals surface area contributed by atoms with Gasteiger partial charge in [0.25, 0.3) is 0 Å². The van der Waals surface area contributed by atoms with Crippen molar-refractivity contribution in [1.82, 2.24) is 0 Å². The minimum atomic E-state index is -5.09. The second kappa shape index (κ2) is 20.2. The van der Waals surface area contributed by atoms with Crippen LogP contribution in [0.1, 0.15) is 0 Å². The monoisotopic (exact) mass is 426 g/mol. The van der Waals surface area contributed by atoms with E-state index in [2.05, 4.69) is 14.0 Å². The molecule has 130 valence electrons. The van der Waals surface area contributed by atoms with Gasteiger partial charge in [-0.3, -0.25) is 0 Å². The van der Waals surface area contributed by atoms with Gasteiger partial charge in [-0.05, 0) is 0 Å². The minimum Gasteiger partial charge on any atom is -0.788 e. The maximum Gasteiger partial charge on any atom is 3.00 e. The predicted octanol–water partition coefficient (Wildman–Crippen LogP) is -7.50. The summed E-state index contributed by atoms with van der Waals surface area (Å²) >= 11 is 0. The average Bonchev–Trinajstić information content (AvgIpc) is 2.16. The fourth-order valence-electron chi connectivity index (χ4n) is 0. The van der Waals surface area contributed by atoms with E-state index in [1.165, 1.54) is 0 Å². The molecule has 22 heteroatoms. The number of hydrogen-bond acceptors (Lipinski definition) is 15. The molecule has 0 rings (SSSR count). The molecule has 0 spiro atoms. The van der Waals surface area contributed by atoms with E-state index in [1.807, 2.05) is 0 Å². The molecule has 0 bridgehead atoms. The van der Waals surface area contributed by atoms with E-state index in [9.17, 15) is 0 Å². The van der Waals surface area contributed by atoms with Crippen molar-refractivity contribution in [3.63, 3.8) is 0 Å². The standard InChI is InChI=1S/2Al.3H3O5P.2H2O/c;;3*1-5-6(2,3)4;;/h;;3*1H,(H2,2,3,4);2*1H2/q2*+3;;;;;/p-6. The normalized spacial score (nSPS) is 9.68. The zero-order chi connectivity index (χ0) is 15.6. The maximum atomic E-state index is 9.00. The topological polar surface area (TPSA) is 341 Å². The van der Waals surface area contributed by atoms with Gasteiger partial charge in [-0.15, -0.1) is 0 Å². The van der Waals surface area contributed by atoms with E-state index < -0.39 is 23.5 Å². The molecule has 7 N–H and O–H groups in total. The summed E-state index contributed by atoms with van der Waals surface area (Å²) in [5, 5.41) is 21.0. The van der Waals surface area contributed by atoms with Crippen LogP contribution in [0.2, 0.25) is 0 Å². The first-order chi connectivity index (χ1) is 7.68. The molecular formula is H7Al2O17P3. The van der Waals surface area contributed by atoms with Crippen molar-refractivity contribution in [2.45, 2.75) is 0 Å². The summed E-state index contributed by atoms with van der Waals surface area (Å²) in [7, 11) is -15.3. The zero-order valence-electron chi connectivity index (χ0n) is 9.74. The van der Waals surface area contributed by atoms with Gasteiger partial charge in [0.2, 0.25) is 0 Å². The van der Waals surface area contributed by atoms with Gasteiger partial charge in [0.05, 0.1) is 23.5 Å². The molecule has 0 saturated heterocycles. The van der Waals surface area contributed by atoms with Crippen LogP contribution in [0.4, 0.5) is 0 Å². The van der Waals surface area contributed by atoms with Gasteiger partial charge in [-0.2, -0.15) is 0 Å². The van der Waals surface area contributed by atoms with Gasteiger partial charge < -0.3 is 54.0 Å². The van der Waals surface area contributed by atoms with E-state index in [0.29, 0.717) is 0 Å². The number of phosphoric acid groups is 3. The second-order valence-electron chi connectivity index (χ2n) is 1.59. The maximum absolute atomic E-state index is 9.00. The summed E-state index contributed by atoms with van der Waals surface area (Å²) in [5.41, 5.74) is 0. The number of rotatable bonds is 3. The summed E-state index contributed by atoms with van der Waals surface area (Å²) in [4.78, 5) is 54.0. The van der Waals surface area contributed by atoms with Crippen LogP contribution in [-0.2, 0) is 27.7 Å². The van der Waals surface area contributed by atoms with E-state index in [1.54, 1.807) is 0 Å². The van der Waals surface area contributed by atoms with Crippen LogP contribution in [0.5, 0.6) is 0 Å². The molecule has 0 aliphatic rings.